The Morgan fingerprint density at radius 1 is 1.58 bits per heavy atom. The predicted molar refractivity (Wildman–Crippen MR) is 41.3 cm³/mol. The molecule has 0 bridgehead atoms. The van der Waals surface area contributed by atoms with Crippen LogP contribution in [-0.2, 0) is 6.54 Å². The van der Waals surface area contributed by atoms with Crippen LogP contribution in [0, 0.1) is 5.82 Å². The van der Waals surface area contributed by atoms with Crippen LogP contribution in [0.1, 0.15) is 15.9 Å². The zero-order valence-corrected chi connectivity index (χ0v) is 6.25. The maximum atomic E-state index is 12.8. The molecule has 0 radical (unpaired) electrons. The Labute approximate surface area is 68.6 Å². The molecular formula is C8H8FNO2. The fraction of sp³-hybridized carbons (Fsp3) is 0.125. The highest BCUT2D eigenvalue weighted by Crippen LogP contribution is 2.09. The number of carboxylic acids is 1. The van der Waals surface area contributed by atoms with E-state index in [0.717, 1.165) is 6.07 Å². The van der Waals surface area contributed by atoms with Crippen molar-refractivity contribution in [1.82, 2.24) is 0 Å². The quantitative estimate of drug-likeness (QED) is 0.693. The average Bonchev–Trinajstić information content (AvgIpc) is 2.05. The van der Waals surface area contributed by atoms with Gasteiger partial charge >= 0.3 is 5.97 Å². The second kappa shape index (κ2) is 3.32. The largest absolute Gasteiger partial charge is 0.478 e. The SMILES string of the molecule is NCc1cc(C(=O)O)ccc1F. The van der Waals surface area contributed by atoms with Crippen LogP contribution in [-0.4, -0.2) is 11.1 Å². The summed E-state index contributed by atoms with van der Waals surface area (Å²) in [5, 5.41) is 8.53. The highest BCUT2D eigenvalue weighted by Gasteiger charge is 2.06. The van der Waals surface area contributed by atoms with Crippen LogP contribution in [0.3, 0.4) is 0 Å². The molecule has 0 unspecified atom stereocenters. The lowest BCUT2D eigenvalue weighted by Gasteiger charge is -2.00. The minimum absolute atomic E-state index is 0.00690. The van der Waals surface area contributed by atoms with Crippen molar-refractivity contribution < 1.29 is 14.3 Å². The number of rotatable bonds is 2. The van der Waals surface area contributed by atoms with Crippen LogP contribution >= 0.6 is 0 Å². The molecule has 0 aliphatic carbocycles. The predicted octanol–water partition coefficient (Wildman–Crippen LogP) is 0.983. The summed E-state index contributed by atoms with van der Waals surface area (Å²) in [6, 6.07) is 3.54. The third-order valence-corrected chi connectivity index (χ3v) is 1.51. The van der Waals surface area contributed by atoms with Gasteiger partial charge in [0, 0.05) is 12.1 Å². The van der Waals surface area contributed by atoms with E-state index in [1.54, 1.807) is 0 Å². The Hall–Kier alpha value is -1.42. The molecule has 1 rings (SSSR count). The van der Waals surface area contributed by atoms with E-state index < -0.39 is 11.8 Å². The lowest BCUT2D eigenvalue weighted by atomic mass is 10.1. The van der Waals surface area contributed by atoms with Crippen LogP contribution in [0.25, 0.3) is 0 Å². The first-order valence-electron chi connectivity index (χ1n) is 3.37. The Bertz CT molecular complexity index is 312. The Kier molecular flexibility index (Phi) is 2.40. The van der Waals surface area contributed by atoms with E-state index in [9.17, 15) is 9.18 Å². The molecule has 3 nitrogen and oxygen atoms in total. The number of hydrogen-bond donors (Lipinski definition) is 2. The fourth-order valence-corrected chi connectivity index (χ4v) is 0.864. The third kappa shape index (κ3) is 1.60. The summed E-state index contributed by atoms with van der Waals surface area (Å²) in [5.41, 5.74) is 5.46. The van der Waals surface area contributed by atoms with Gasteiger partial charge < -0.3 is 10.8 Å². The van der Waals surface area contributed by atoms with Crippen LogP contribution < -0.4 is 5.73 Å². The molecule has 1 aromatic rings. The van der Waals surface area contributed by atoms with Gasteiger partial charge in [-0.15, -0.1) is 0 Å². The van der Waals surface area contributed by atoms with Gasteiger partial charge in [0.25, 0.3) is 0 Å². The molecule has 0 amide bonds. The zero-order chi connectivity index (χ0) is 9.14. The molecule has 0 spiro atoms. The lowest BCUT2D eigenvalue weighted by Crippen LogP contribution is -2.03. The summed E-state index contributed by atoms with van der Waals surface area (Å²) >= 11 is 0. The van der Waals surface area contributed by atoms with Crippen molar-refractivity contribution in [3.63, 3.8) is 0 Å². The Balaban J connectivity index is 3.13. The van der Waals surface area contributed by atoms with E-state index in [1.807, 2.05) is 0 Å². The summed E-state index contributed by atoms with van der Waals surface area (Å²) < 4.78 is 12.8. The highest BCUT2D eigenvalue weighted by molar-refractivity contribution is 5.87. The van der Waals surface area contributed by atoms with E-state index in [0.29, 0.717) is 0 Å². The van der Waals surface area contributed by atoms with Gasteiger partial charge in [0.05, 0.1) is 5.56 Å². The van der Waals surface area contributed by atoms with Gasteiger partial charge in [-0.1, -0.05) is 0 Å². The number of nitrogens with two attached hydrogens (primary N) is 1. The number of hydrogen-bond acceptors (Lipinski definition) is 2. The molecule has 4 heteroatoms. The number of benzene rings is 1. The zero-order valence-electron chi connectivity index (χ0n) is 6.25. The van der Waals surface area contributed by atoms with E-state index in [1.165, 1.54) is 12.1 Å². The third-order valence-electron chi connectivity index (χ3n) is 1.51. The molecule has 0 aromatic heterocycles. The van der Waals surface area contributed by atoms with Gasteiger partial charge in [-0.2, -0.15) is 0 Å². The first kappa shape index (κ1) is 8.67. The minimum Gasteiger partial charge on any atom is -0.478 e. The second-order valence-electron chi connectivity index (χ2n) is 2.32. The molecule has 0 heterocycles. The monoisotopic (exact) mass is 169 g/mol. The summed E-state index contributed by atoms with van der Waals surface area (Å²) in [4.78, 5) is 10.4. The van der Waals surface area contributed by atoms with Gasteiger partial charge in [0.2, 0.25) is 0 Å². The van der Waals surface area contributed by atoms with Crippen molar-refractivity contribution in [1.29, 1.82) is 0 Å². The van der Waals surface area contributed by atoms with Gasteiger partial charge in [-0.25, -0.2) is 9.18 Å². The lowest BCUT2D eigenvalue weighted by molar-refractivity contribution is 0.0696. The molecule has 1 aromatic carbocycles. The molecule has 0 saturated heterocycles. The topological polar surface area (TPSA) is 63.3 Å². The van der Waals surface area contributed by atoms with Crippen LogP contribution in [0.5, 0.6) is 0 Å². The molecule has 0 aliphatic rings. The van der Waals surface area contributed by atoms with Crippen molar-refractivity contribution in [2.75, 3.05) is 0 Å². The molecular weight excluding hydrogens is 161 g/mol. The van der Waals surface area contributed by atoms with Crippen molar-refractivity contribution in [3.05, 3.63) is 35.1 Å². The van der Waals surface area contributed by atoms with Crippen molar-refractivity contribution in [2.24, 2.45) is 5.73 Å². The van der Waals surface area contributed by atoms with Crippen molar-refractivity contribution in [3.8, 4) is 0 Å². The Morgan fingerprint density at radius 3 is 2.75 bits per heavy atom. The first-order valence-corrected chi connectivity index (χ1v) is 3.37. The van der Waals surface area contributed by atoms with E-state index >= 15 is 0 Å². The van der Waals surface area contributed by atoms with Gasteiger partial charge in [0.15, 0.2) is 0 Å². The van der Waals surface area contributed by atoms with Crippen LogP contribution in [0.15, 0.2) is 18.2 Å². The highest BCUT2D eigenvalue weighted by atomic mass is 19.1. The van der Waals surface area contributed by atoms with Gasteiger partial charge in [-0.3, -0.25) is 0 Å². The average molecular weight is 169 g/mol. The molecule has 0 aliphatic heterocycles. The summed E-state index contributed by atoms with van der Waals surface area (Å²) in [7, 11) is 0. The fourth-order valence-electron chi connectivity index (χ4n) is 0.864. The number of halogens is 1. The molecule has 12 heavy (non-hydrogen) atoms. The normalized spacial score (nSPS) is 9.83. The second-order valence-corrected chi connectivity index (χ2v) is 2.32. The van der Waals surface area contributed by atoms with E-state index in [4.69, 9.17) is 10.8 Å². The number of aromatic carboxylic acids is 1. The van der Waals surface area contributed by atoms with Crippen LogP contribution in [0.4, 0.5) is 4.39 Å². The number of carboxylic acid groups (broad SMARTS) is 1. The minimum atomic E-state index is -1.08. The maximum absolute atomic E-state index is 12.8. The Morgan fingerprint density at radius 2 is 2.25 bits per heavy atom. The maximum Gasteiger partial charge on any atom is 0.335 e. The van der Waals surface area contributed by atoms with Gasteiger partial charge in [0.1, 0.15) is 5.82 Å². The van der Waals surface area contributed by atoms with Gasteiger partial charge in [-0.05, 0) is 18.2 Å². The molecule has 64 valence electrons. The molecule has 0 atom stereocenters. The van der Waals surface area contributed by atoms with Crippen LogP contribution in [0.2, 0.25) is 0 Å². The molecule has 3 N–H and O–H groups in total. The standard InChI is InChI=1S/C8H8FNO2/c9-7-2-1-5(8(11)12)3-6(7)4-10/h1-3H,4,10H2,(H,11,12). The molecule has 0 fully saturated rings. The van der Waals surface area contributed by atoms with E-state index in [-0.39, 0.29) is 17.7 Å². The number of carbonyl (C=O) groups is 1. The summed E-state index contributed by atoms with van der Waals surface area (Å²) in [6.45, 7) is 0.00690. The molecule has 0 saturated carbocycles. The van der Waals surface area contributed by atoms with Crippen molar-refractivity contribution in [2.45, 2.75) is 6.54 Å². The summed E-state index contributed by atoms with van der Waals surface area (Å²) in [5.74, 6) is -1.55. The smallest absolute Gasteiger partial charge is 0.335 e. The summed E-state index contributed by atoms with van der Waals surface area (Å²) in [6.07, 6.45) is 0. The van der Waals surface area contributed by atoms with E-state index in [2.05, 4.69) is 0 Å². The first-order chi connectivity index (χ1) is 5.65. The van der Waals surface area contributed by atoms with Crippen molar-refractivity contribution >= 4 is 5.97 Å².